The summed E-state index contributed by atoms with van der Waals surface area (Å²) in [5.74, 6) is 0.510. The van der Waals surface area contributed by atoms with E-state index in [1.165, 1.54) is 6.33 Å². The molecule has 0 atom stereocenters. The highest BCUT2D eigenvalue weighted by molar-refractivity contribution is 6.30. The highest BCUT2D eigenvalue weighted by Gasteiger charge is 2.12. The summed E-state index contributed by atoms with van der Waals surface area (Å²) in [6.45, 7) is 2.29. The molecule has 0 bridgehead atoms. The first-order valence-electron chi connectivity index (χ1n) is 9.32. The lowest BCUT2D eigenvalue weighted by Gasteiger charge is -2.14. The van der Waals surface area contributed by atoms with E-state index in [-0.39, 0.29) is 6.03 Å². The Morgan fingerprint density at radius 2 is 1.90 bits per heavy atom. The molecule has 0 radical (unpaired) electrons. The molecule has 0 aliphatic carbocycles. The minimum absolute atomic E-state index is 0.300. The van der Waals surface area contributed by atoms with Gasteiger partial charge < -0.3 is 15.4 Å². The monoisotopic (exact) mass is 418 g/mol. The molecule has 0 saturated carbocycles. The van der Waals surface area contributed by atoms with Crippen molar-refractivity contribution in [3.63, 3.8) is 0 Å². The number of rotatable bonds is 5. The van der Waals surface area contributed by atoms with Crippen LogP contribution in [0.3, 0.4) is 0 Å². The van der Waals surface area contributed by atoms with Gasteiger partial charge in [-0.3, -0.25) is 0 Å². The Balaban J connectivity index is 1.57. The predicted octanol–water partition coefficient (Wildman–Crippen LogP) is 5.81. The summed E-state index contributed by atoms with van der Waals surface area (Å²) in [5.41, 5.74) is 3.94. The van der Waals surface area contributed by atoms with Crippen LogP contribution in [0.25, 0.3) is 10.9 Å². The van der Waals surface area contributed by atoms with Gasteiger partial charge >= 0.3 is 6.03 Å². The van der Waals surface area contributed by atoms with Gasteiger partial charge in [-0.25, -0.2) is 14.8 Å². The SMILES string of the molecule is Cc1ccc(NC(=O)Nc2cc3ncncc3cc2OCc2cccc(Cl)c2)cc1. The lowest BCUT2D eigenvalue weighted by Crippen LogP contribution is -2.20. The van der Waals surface area contributed by atoms with E-state index in [2.05, 4.69) is 20.6 Å². The van der Waals surface area contributed by atoms with Crippen molar-refractivity contribution in [2.75, 3.05) is 10.6 Å². The Kier molecular flexibility index (Phi) is 5.77. The van der Waals surface area contributed by atoms with Gasteiger partial charge in [0, 0.05) is 22.3 Å². The van der Waals surface area contributed by atoms with Crippen LogP contribution < -0.4 is 15.4 Å². The second kappa shape index (κ2) is 8.80. The van der Waals surface area contributed by atoms with Crippen LogP contribution in [-0.4, -0.2) is 16.0 Å². The Morgan fingerprint density at radius 1 is 1.07 bits per heavy atom. The number of urea groups is 1. The maximum atomic E-state index is 12.5. The third-order valence-corrected chi connectivity index (χ3v) is 4.68. The second-order valence-electron chi connectivity index (χ2n) is 6.79. The summed E-state index contributed by atoms with van der Waals surface area (Å²) < 4.78 is 6.00. The number of nitrogens with zero attached hydrogens (tertiary/aromatic N) is 2. The van der Waals surface area contributed by atoms with Gasteiger partial charge in [0.05, 0.1) is 11.2 Å². The molecule has 30 heavy (non-hydrogen) atoms. The van der Waals surface area contributed by atoms with E-state index >= 15 is 0 Å². The number of aromatic nitrogens is 2. The first kappa shape index (κ1) is 19.7. The fourth-order valence-corrected chi connectivity index (χ4v) is 3.15. The Hall–Kier alpha value is -3.64. The van der Waals surface area contributed by atoms with Crippen LogP contribution in [0.15, 0.2) is 73.2 Å². The number of halogens is 1. The third-order valence-electron chi connectivity index (χ3n) is 4.45. The molecule has 0 spiro atoms. The van der Waals surface area contributed by atoms with E-state index in [0.717, 1.165) is 16.5 Å². The molecule has 1 heterocycles. The van der Waals surface area contributed by atoms with Crippen molar-refractivity contribution in [3.8, 4) is 5.75 Å². The van der Waals surface area contributed by atoms with Gasteiger partial charge in [-0.2, -0.15) is 0 Å². The summed E-state index contributed by atoms with van der Waals surface area (Å²) in [4.78, 5) is 20.9. The van der Waals surface area contributed by atoms with Crippen molar-refractivity contribution >= 4 is 39.9 Å². The fraction of sp³-hybridized carbons (Fsp3) is 0.0870. The molecule has 4 rings (SSSR count). The molecule has 4 aromatic rings. The summed E-state index contributed by atoms with van der Waals surface area (Å²) in [5, 5.41) is 7.12. The normalized spacial score (nSPS) is 10.6. The second-order valence-corrected chi connectivity index (χ2v) is 7.23. The molecule has 2 amide bonds. The molecule has 0 saturated heterocycles. The van der Waals surface area contributed by atoms with Crippen molar-refractivity contribution in [1.82, 2.24) is 9.97 Å². The van der Waals surface area contributed by atoms with Gasteiger partial charge in [0.25, 0.3) is 0 Å². The number of hydrogen-bond acceptors (Lipinski definition) is 4. The first-order valence-corrected chi connectivity index (χ1v) is 9.70. The van der Waals surface area contributed by atoms with Gasteiger partial charge in [0.2, 0.25) is 0 Å². The molecular formula is C23H19ClN4O2. The smallest absolute Gasteiger partial charge is 0.323 e. The van der Waals surface area contributed by atoms with Crippen molar-refractivity contribution in [3.05, 3.63) is 89.3 Å². The molecular weight excluding hydrogens is 400 g/mol. The number of hydrogen-bond donors (Lipinski definition) is 2. The van der Waals surface area contributed by atoms with E-state index < -0.39 is 0 Å². The lowest BCUT2D eigenvalue weighted by atomic mass is 10.2. The van der Waals surface area contributed by atoms with Crippen LogP contribution in [0.4, 0.5) is 16.2 Å². The van der Waals surface area contributed by atoms with Crippen molar-refractivity contribution in [2.45, 2.75) is 13.5 Å². The van der Waals surface area contributed by atoms with Gasteiger partial charge in [-0.15, -0.1) is 0 Å². The van der Waals surface area contributed by atoms with E-state index in [1.807, 2.05) is 49.4 Å². The number of carbonyl (C=O) groups is 1. The van der Waals surface area contributed by atoms with Crippen molar-refractivity contribution in [1.29, 1.82) is 0 Å². The number of fused-ring (bicyclic) bond motifs is 1. The minimum atomic E-state index is -0.375. The van der Waals surface area contributed by atoms with Gasteiger partial charge in [0.15, 0.2) is 0 Å². The van der Waals surface area contributed by atoms with Crippen LogP contribution in [0.5, 0.6) is 5.75 Å². The van der Waals surface area contributed by atoms with Crippen LogP contribution in [0, 0.1) is 6.92 Å². The summed E-state index contributed by atoms with van der Waals surface area (Å²) in [6, 6.07) is 18.2. The van der Waals surface area contributed by atoms with Crippen LogP contribution in [0.1, 0.15) is 11.1 Å². The zero-order valence-corrected chi connectivity index (χ0v) is 17.0. The Bertz CT molecular complexity index is 1200. The average Bonchev–Trinajstić information content (AvgIpc) is 2.74. The lowest BCUT2D eigenvalue weighted by molar-refractivity contribution is 0.261. The van der Waals surface area contributed by atoms with Gasteiger partial charge in [0.1, 0.15) is 18.7 Å². The molecule has 1 aromatic heterocycles. The van der Waals surface area contributed by atoms with Crippen molar-refractivity contribution in [2.24, 2.45) is 0 Å². The third kappa shape index (κ3) is 4.85. The highest BCUT2D eigenvalue weighted by Crippen LogP contribution is 2.30. The predicted molar refractivity (Wildman–Crippen MR) is 119 cm³/mol. The summed E-state index contributed by atoms with van der Waals surface area (Å²) in [6.07, 6.45) is 3.16. The molecule has 3 aromatic carbocycles. The number of carbonyl (C=O) groups excluding carboxylic acids is 1. The molecule has 7 heteroatoms. The molecule has 0 unspecified atom stereocenters. The van der Waals surface area contributed by atoms with E-state index in [1.54, 1.807) is 24.4 Å². The van der Waals surface area contributed by atoms with Crippen LogP contribution in [0.2, 0.25) is 5.02 Å². The van der Waals surface area contributed by atoms with Crippen LogP contribution >= 0.6 is 11.6 Å². The standard InChI is InChI=1S/C23H19ClN4O2/c1-15-5-7-19(8-6-15)27-23(29)28-21-11-20-17(12-25-14-26-20)10-22(21)30-13-16-3-2-4-18(24)9-16/h2-12,14H,13H2,1H3,(H2,27,28,29). The number of amides is 2. The zero-order valence-electron chi connectivity index (χ0n) is 16.2. The molecule has 0 aliphatic heterocycles. The maximum Gasteiger partial charge on any atom is 0.323 e. The van der Waals surface area contributed by atoms with Crippen molar-refractivity contribution < 1.29 is 9.53 Å². The largest absolute Gasteiger partial charge is 0.487 e. The van der Waals surface area contributed by atoms with Gasteiger partial charge in [-0.05, 0) is 48.9 Å². The summed E-state index contributed by atoms with van der Waals surface area (Å²) in [7, 11) is 0. The molecule has 2 N–H and O–H groups in total. The average molecular weight is 419 g/mol. The Morgan fingerprint density at radius 3 is 2.70 bits per heavy atom. The number of nitrogens with one attached hydrogen (secondary N) is 2. The number of benzene rings is 3. The number of anilines is 2. The minimum Gasteiger partial charge on any atom is -0.487 e. The van der Waals surface area contributed by atoms with E-state index in [4.69, 9.17) is 16.3 Å². The summed E-state index contributed by atoms with van der Waals surface area (Å²) >= 11 is 6.05. The number of ether oxygens (including phenoxy) is 1. The quantitative estimate of drug-likeness (QED) is 0.428. The van der Waals surface area contributed by atoms with Crippen LogP contribution in [-0.2, 0) is 6.61 Å². The molecule has 6 nitrogen and oxygen atoms in total. The molecule has 0 aliphatic rings. The fourth-order valence-electron chi connectivity index (χ4n) is 2.93. The van der Waals surface area contributed by atoms with E-state index in [9.17, 15) is 4.79 Å². The molecule has 150 valence electrons. The Labute approximate surface area is 178 Å². The zero-order chi connectivity index (χ0) is 20.9. The maximum absolute atomic E-state index is 12.5. The number of aryl methyl sites for hydroxylation is 1. The highest BCUT2D eigenvalue weighted by atomic mass is 35.5. The van der Waals surface area contributed by atoms with E-state index in [0.29, 0.717) is 34.3 Å². The topological polar surface area (TPSA) is 76.1 Å². The van der Waals surface area contributed by atoms with Gasteiger partial charge in [-0.1, -0.05) is 41.4 Å². The molecule has 0 fully saturated rings. The first-order chi connectivity index (χ1) is 14.6.